The number of thiocarbonyl (C=S) groups is 1. The lowest BCUT2D eigenvalue weighted by Crippen LogP contribution is -2.31. The molecule has 0 saturated heterocycles. The Labute approximate surface area is 174 Å². The minimum Gasteiger partial charge on any atom is -0.361 e. The predicted molar refractivity (Wildman–Crippen MR) is 122 cm³/mol. The van der Waals surface area contributed by atoms with Crippen molar-refractivity contribution in [3.05, 3.63) is 70.9 Å². The Kier molecular flexibility index (Phi) is 5.20. The number of aromatic nitrogens is 2. The molecule has 0 fully saturated rings. The van der Waals surface area contributed by atoms with Gasteiger partial charge in [-0.2, -0.15) is 0 Å². The van der Waals surface area contributed by atoms with Gasteiger partial charge in [0.1, 0.15) is 5.65 Å². The maximum absolute atomic E-state index is 5.92. The predicted octanol–water partition coefficient (Wildman–Crippen LogP) is 5.45. The molecule has 142 valence electrons. The SMILES string of the molecule is Cc1cc(C)c2c3ccccc3n(CCNC(=S)Nc3ccc(Cl)cc3)c2n1. The number of rotatable bonds is 4. The second-order valence-electron chi connectivity index (χ2n) is 6.84. The van der Waals surface area contributed by atoms with Gasteiger partial charge in [0.25, 0.3) is 0 Å². The van der Waals surface area contributed by atoms with Crippen LogP contribution < -0.4 is 10.6 Å². The Hall–Kier alpha value is -2.63. The van der Waals surface area contributed by atoms with Crippen LogP contribution in [-0.2, 0) is 6.54 Å². The number of nitrogens with zero attached hydrogens (tertiary/aromatic N) is 2. The summed E-state index contributed by atoms with van der Waals surface area (Å²) in [5.74, 6) is 0. The zero-order valence-corrected chi connectivity index (χ0v) is 17.4. The van der Waals surface area contributed by atoms with E-state index in [1.165, 1.54) is 21.9 Å². The van der Waals surface area contributed by atoms with Crippen molar-refractivity contribution in [3.8, 4) is 0 Å². The molecular weight excluding hydrogens is 388 g/mol. The third-order valence-corrected chi connectivity index (χ3v) is 5.27. The number of aryl methyl sites for hydroxylation is 2. The molecule has 0 atom stereocenters. The van der Waals surface area contributed by atoms with Crippen molar-refractivity contribution in [2.75, 3.05) is 11.9 Å². The minimum atomic E-state index is 0.586. The Morgan fingerprint density at radius 2 is 1.86 bits per heavy atom. The standard InChI is InChI=1S/C22H21ClN4S/c1-14-13-15(2)25-21-20(14)18-5-3-4-6-19(18)27(21)12-11-24-22(28)26-17-9-7-16(23)8-10-17/h3-10,13H,11-12H2,1-2H3,(H2,24,26,28). The van der Waals surface area contributed by atoms with E-state index in [4.69, 9.17) is 28.8 Å². The van der Waals surface area contributed by atoms with Crippen molar-refractivity contribution in [2.24, 2.45) is 0 Å². The van der Waals surface area contributed by atoms with Gasteiger partial charge in [-0.1, -0.05) is 29.8 Å². The molecule has 4 rings (SSSR count). The van der Waals surface area contributed by atoms with Crippen LogP contribution in [0.1, 0.15) is 11.3 Å². The van der Waals surface area contributed by atoms with Crippen molar-refractivity contribution in [1.82, 2.24) is 14.9 Å². The fourth-order valence-corrected chi connectivity index (χ4v) is 3.94. The molecule has 4 aromatic rings. The van der Waals surface area contributed by atoms with Crippen LogP contribution >= 0.6 is 23.8 Å². The van der Waals surface area contributed by atoms with Crippen LogP contribution in [0.15, 0.2) is 54.6 Å². The summed E-state index contributed by atoms with van der Waals surface area (Å²) >= 11 is 11.3. The molecule has 28 heavy (non-hydrogen) atoms. The number of para-hydroxylation sites is 1. The van der Waals surface area contributed by atoms with E-state index in [-0.39, 0.29) is 0 Å². The van der Waals surface area contributed by atoms with E-state index in [2.05, 4.69) is 52.5 Å². The highest BCUT2D eigenvalue weighted by molar-refractivity contribution is 7.80. The van der Waals surface area contributed by atoms with E-state index in [1.807, 2.05) is 31.2 Å². The summed E-state index contributed by atoms with van der Waals surface area (Å²) in [6, 6.07) is 18.1. The molecule has 2 aromatic heterocycles. The smallest absolute Gasteiger partial charge is 0.170 e. The number of halogens is 1. The van der Waals surface area contributed by atoms with Gasteiger partial charge in [0.15, 0.2) is 5.11 Å². The Morgan fingerprint density at radius 1 is 1.11 bits per heavy atom. The molecule has 2 N–H and O–H groups in total. The molecule has 0 spiro atoms. The molecular formula is C22H21ClN4S. The lowest BCUT2D eigenvalue weighted by atomic mass is 10.1. The molecule has 0 radical (unpaired) electrons. The van der Waals surface area contributed by atoms with Crippen molar-refractivity contribution in [2.45, 2.75) is 20.4 Å². The Balaban J connectivity index is 1.54. The third-order valence-electron chi connectivity index (χ3n) is 4.77. The average molecular weight is 409 g/mol. The van der Waals surface area contributed by atoms with Gasteiger partial charge in [-0.25, -0.2) is 4.98 Å². The van der Waals surface area contributed by atoms with Gasteiger partial charge in [-0.05, 0) is 68.0 Å². The van der Waals surface area contributed by atoms with E-state index in [0.29, 0.717) is 16.7 Å². The summed E-state index contributed by atoms with van der Waals surface area (Å²) in [7, 11) is 0. The largest absolute Gasteiger partial charge is 0.361 e. The van der Waals surface area contributed by atoms with Crippen LogP contribution in [0.4, 0.5) is 5.69 Å². The molecule has 0 unspecified atom stereocenters. The van der Waals surface area contributed by atoms with Gasteiger partial charge in [0.05, 0.1) is 5.52 Å². The number of anilines is 1. The molecule has 0 saturated carbocycles. The van der Waals surface area contributed by atoms with Gasteiger partial charge in [-0.3, -0.25) is 0 Å². The summed E-state index contributed by atoms with van der Waals surface area (Å²) in [6.07, 6.45) is 0. The topological polar surface area (TPSA) is 41.9 Å². The summed E-state index contributed by atoms with van der Waals surface area (Å²) < 4.78 is 2.27. The van der Waals surface area contributed by atoms with Gasteiger partial charge in [-0.15, -0.1) is 0 Å². The monoisotopic (exact) mass is 408 g/mol. The van der Waals surface area contributed by atoms with Crippen molar-refractivity contribution in [1.29, 1.82) is 0 Å². The molecule has 4 nitrogen and oxygen atoms in total. The Bertz CT molecular complexity index is 1160. The average Bonchev–Trinajstić information content (AvgIpc) is 2.97. The zero-order chi connectivity index (χ0) is 19.7. The number of pyridine rings is 1. The van der Waals surface area contributed by atoms with E-state index in [1.54, 1.807) is 0 Å². The number of benzene rings is 2. The van der Waals surface area contributed by atoms with Crippen LogP contribution in [0.25, 0.3) is 21.9 Å². The first-order valence-corrected chi connectivity index (χ1v) is 9.97. The summed E-state index contributed by atoms with van der Waals surface area (Å²) in [4.78, 5) is 4.82. The van der Waals surface area contributed by atoms with Gasteiger partial charge in [0.2, 0.25) is 0 Å². The highest BCUT2D eigenvalue weighted by atomic mass is 35.5. The Morgan fingerprint density at radius 3 is 2.64 bits per heavy atom. The molecule has 0 bridgehead atoms. The van der Waals surface area contributed by atoms with Crippen LogP contribution in [0.3, 0.4) is 0 Å². The normalized spacial score (nSPS) is 11.1. The lowest BCUT2D eigenvalue weighted by molar-refractivity contribution is 0.710. The number of nitrogens with one attached hydrogen (secondary N) is 2. The summed E-state index contributed by atoms with van der Waals surface area (Å²) in [6.45, 7) is 5.65. The lowest BCUT2D eigenvalue weighted by Gasteiger charge is -2.12. The van der Waals surface area contributed by atoms with Gasteiger partial charge >= 0.3 is 0 Å². The van der Waals surface area contributed by atoms with Crippen molar-refractivity contribution in [3.63, 3.8) is 0 Å². The molecule has 2 heterocycles. The van der Waals surface area contributed by atoms with E-state index < -0.39 is 0 Å². The quantitative estimate of drug-likeness (QED) is 0.441. The van der Waals surface area contributed by atoms with E-state index in [0.717, 1.165) is 23.6 Å². The van der Waals surface area contributed by atoms with Crippen LogP contribution in [0, 0.1) is 13.8 Å². The molecule has 0 aliphatic heterocycles. The highest BCUT2D eigenvalue weighted by Gasteiger charge is 2.13. The van der Waals surface area contributed by atoms with Gasteiger partial charge < -0.3 is 15.2 Å². The van der Waals surface area contributed by atoms with Crippen molar-refractivity contribution < 1.29 is 0 Å². The fraction of sp³-hybridized carbons (Fsp3) is 0.182. The fourth-order valence-electron chi connectivity index (χ4n) is 3.60. The number of hydrogen-bond donors (Lipinski definition) is 2. The van der Waals surface area contributed by atoms with Crippen LogP contribution in [0.5, 0.6) is 0 Å². The molecule has 0 aliphatic carbocycles. The minimum absolute atomic E-state index is 0.586. The van der Waals surface area contributed by atoms with E-state index in [9.17, 15) is 0 Å². The first-order valence-electron chi connectivity index (χ1n) is 9.18. The third kappa shape index (κ3) is 3.68. The molecule has 6 heteroatoms. The maximum Gasteiger partial charge on any atom is 0.170 e. The van der Waals surface area contributed by atoms with Crippen molar-refractivity contribution >= 4 is 56.6 Å². The van der Waals surface area contributed by atoms with Gasteiger partial charge in [0, 0.05) is 40.3 Å². The van der Waals surface area contributed by atoms with E-state index >= 15 is 0 Å². The second kappa shape index (κ2) is 7.78. The summed E-state index contributed by atoms with van der Waals surface area (Å²) in [5, 5.41) is 10.2. The second-order valence-corrected chi connectivity index (χ2v) is 7.68. The number of fused-ring (bicyclic) bond motifs is 3. The zero-order valence-electron chi connectivity index (χ0n) is 15.8. The molecule has 0 amide bonds. The first-order chi connectivity index (χ1) is 13.5. The van der Waals surface area contributed by atoms with Crippen LogP contribution in [-0.4, -0.2) is 21.2 Å². The maximum atomic E-state index is 5.92. The highest BCUT2D eigenvalue weighted by Crippen LogP contribution is 2.30. The summed E-state index contributed by atoms with van der Waals surface area (Å²) in [5.41, 5.74) is 5.41. The number of hydrogen-bond acceptors (Lipinski definition) is 2. The molecule has 2 aromatic carbocycles. The van der Waals surface area contributed by atoms with Crippen LogP contribution in [0.2, 0.25) is 5.02 Å². The first kappa shape index (κ1) is 18.7. The molecule has 0 aliphatic rings.